The van der Waals surface area contributed by atoms with Gasteiger partial charge in [0.15, 0.2) is 0 Å². The minimum absolute atomic E-state index is 0.0668. The molecule has 0 spiro atoms. The van der Waals surface area contributed by atoms with Gasteiger partial charge in [-0.15, -0.1) is 0 Å². The van der Waals surface area contributed by atoms with E-state index in [1.54, 1.807) is 66.7 Å². The quantitative estimate of drug-likeness (QED) is 0.262. The molecule has 2 N–H and O–H groups in total. The van der Waals surface area contributed by atoms with Gasteiger partial charge in [-0.3, -0.25) is 9.59 Å². The number of hydrogen-bond donors (Lipinski definition) is 2. The highest BCUT2D eigenvalue weighted by Gasteiger charge is 2.16. The highest BCUT2D eigenvalue weighted by atomic mass is 35.5. The summed E-state index contributed by atoms with van der Waals surface area (Å²) in [5.74, 6) is -0.116. The van der Waals surface area contributed by atoms with Crippen LogP contribution < -0.4 is 20.2 Å². The number of nitrogens with zero attached hydrogens (tertiary/aromatic N) is 1. The molecule has 0 fully saturated rings. The van der Waals surface area contributed by atoms with Crippen molar-refractivity contribution in [2.24, 2.45) is 5.10 Å². The Kier molecular flexibility index (Phi) is 8.67. The normalized spacial score (nSPS) is 11.2. The monoisotopic (exact) mass is 497 g/mol. The van der Waals surface area contributed by atoms with E-state index in [1.165, 1.54) is 26.5 Å². The zero-order valence-electron chi connectivity index (χ0n) is 18.3. The molecule has 2 amide bonds. The summed E-state index contributed by atoms with van der Waals surface area (Å²) >= 11 is 12.3. The number of carbonyl (C=O) groups excluding carboxylic acids is 2. The average Bonchev–Trinajstić information content (AvgIpc) is 2.85. The van der Waals surface area contributed by atoms with E-state index >= 15 is 0 Å². The predicted octanol–water partition coefficient (Wildman–Crippen LogP) is 4.93. The third-order valence-corrected chi connectivity index (χ3v) is 5.28. The van der Waals surface area contributed by atoms with Gasteiger partial charge in [0.05, 0.1) is 30.5 Å². The molecule has 0 heterocycles. The van der Waals surface area contributed by atoms with Gasteiger partial charge in [0.1, 0.15) is 17.2 Å². The maximum atomic E-state index is 13.0. The van der Waals surface area contributed by atoms with Gasteiger partial charge >= 0.3 is 0 Å². The number of hydrazone groups is 1. The maximum Gasteiger partial charge on any atom is 0.287 e. The van der Waals surface area contributed by atoms with Gasteiger partial charge in [0, 0.05) is 16.7 Å². The topological polar surface area (TPSA) is 89.0 Å². The summed E-state index contributed by atoms with van der Waals surface area (Å²) in [6.45, 7) is 0. The smallest absolute Gasteiger partial charge is 0.287 e. The van der Waals surface area contributed by atoms with Crippen molar-refractivity contribution in [2.75, 3.05) is 14.2 Å². The zero-order valence-corrected chi connectivity index (χ0v) is 19.9. The second kappa shape index (κ2) is 11.9. The predicted molar refractivity (Wildman–Crippen MR) is 134 cm³/mol. The van der Waals surface area contributed by atoms with Crippen LogP contribution in [0.15, 0.2) is 77.5 Å². The van der Waals surface area contributed by atoms with Gasteiger partial charge in [-0.25, -0.2) is 5.43 Å². The fourth-order valence-electron chi connectivity index (χ4n) is 2.90. The van der Waals surface area contributed by atoms with E-state index in [-0.39, 0.29) is 5.70 Å². The van der Waals surface area contributed by atoms with Crippen molar-refractivity contribution in [1.29, 1.82) is 0 Å². The standard InChI is InChI=1S/C25H21Cl2N3O4/c1-33-18-11-12-23(34-2)17(13-18)14-22(29-24(31)16-7-4-3-5-8-16)25(32)30-28-15-19-20(26)9-6-10-21(19)27/h3-15H,1-2H3,(H,29,31)(H,30,32)/b22-14-,28-15-. The first-order chi connectivity index (χ1) is 16.4. The molecule has 3 aromatic carbocycles. The van der Waals surface area contributed by atoms with Gasteiger partial charge < -0.3 is 14.8 Å². The second-order valence-corrected chi connectivity index (χ2v) is 7.63. The van der Waals surface area contributed by atoms with E-state index in [2.05, 4.69) is 15.8 Å². The van der Waals surface area contributed by atoms with Gasteiger partial charge in [0.25, 0.3) is 11.8 Å². The minimum Gasteiger partial charge on any atom is -0.497 e. The molecular formula is C25H21Cl2N3O4. The molecule has 0 radical (unpaired) electrons. The van der Waals surface area contributed by atoms with E-state index < -0.39 is 11.8 Å². The number of rotatable bonds is 8. The molecule has 0 unspecified atom stereocenters. The van der Waals surface area contributed by atoms with Crippen molar-refractivity contribution in [3.8, 4) is 11.5 Å². The lowest BCUT2D eigenvalue weighted by Gasteiger charge is -2.12. The Labute approximate surface area is 207 Å². The summed E-state index contributed by atoms with van der Waals surface area (Å²) in [5, 5.41) is 7.32. The van der Waals surface area contributed by atoms with Crippen molar-refractivity contribution in [2.45, 2.75) is 0 Å². The van der Waals surface area contributed by atoms with Crippen molar-refractivity contribution in [1.82, 2.24) is 10.7 Å². The molecule has 0 bridgehead atoms. The average molecular weight is 498 g/mol. The Balaban J connectivity index is 1.93. The van der Waals surface area contributed by atoms with Crippen LogP contribution in [0.3, 0.4) is 0 Å². The summed E-state index contributed by atoms with van der Waals surface area (Å²) in [5.41, 5.74) is 3.66. The van der Waals surface area contributed by atoms with Crippen LogP contribution in [0.4, 0.5) is 0 Å². The Bertz CT molecular complexity index is 1220. The Morgan fingerprint density at radius 1 is 0.912 bits per heavy atom. The van der Waals surface area contributed by atoms with Crippen LogP contribution in [-0.2, 0) is 4.79 Å². The molecule has 7 nitrogen and oxygen atoms in total. The Hall–Kier alpha value is -3.81. The number of halogens is 2. The van der Waals surface area contributed by atoms with Crippen molar-refractivity contribution >= 4 is 47.3 Å². The maximum absolute atomic E-state index is 13.0. The fourth-order valence-corrected chi connectivity index (χ4v) is 3.39. The summed E-state index contributed by atoms with van der Waals surface area (Å²) in [4.78, 5) is 25.7. The van der Waals surface area contributed by atoms with E-state index in [1.807, 2.05) is 0 Å². The summed E-state index contributed by atoms with van der Waals surface area (Å²) in [6.07, 6.45) is 2.79. The van der Waals surface area contributed by atoms with Crippen molar-refractivity contribution in [3.05, 3.63) is 99.2 Å². The van der Waals surface area contributed by atoms with E-state index in [0.717, 1.165) is 0 Å². The van der Waals surface area contributed by atoms with Crippen LogP contribution in [0.5, 0.6) is 11.5 Å². The SMILES string of the molecule is COc1ccc(OC)c(/C=C(\NC(=O)c2ccccc2)C(=O)N/N=C\c2c(Cl)cccc2Cl)c1. The summed E-state index contributed by atoms with van der Waals surface area (Å²) in [6, 6.07) is 18.6. The third kappa shape index (κ3) is 6.37. The lowest BCUT2D eigenvalue weighted by atomic mass is 10.1. The Morgan fingerprint density at radius 3 is 2.26 bits per heavy atom. The second-order valence-electron chi connectivity index (χ2n) is 6.82. The molecule has 9 heteroatoms. The number of nitrogens with one attached hydrogen (secondary N) is 2. The van der Waals surface area contributed by atoms with Crippen LogP contribution in [-0.4, -0.2) is 32.2 Å². The molecule has 0 aromatic heterocycles. The highest BCUT2D eigenvalue weighted by molar-refractivity contribution is 6.38. The molecule has 0 aliphatic heterocycles. The Morgan fingerprint density at radius 2 is 1.62 bits per heavy atom. The first-order valence-electron chi connectivity index (χ1n) is 10.0. The van der Waals surface area contributed by atoms with Gasteiger partial charge in [-0.2, -0.15) is 5.10 Å². The zero-order chi connectivity index (χ0) is 24.5. The van der Waals surface area contributed by atoms with Crippen molar-refractivity contribution in [3.63, 3.8) is 0 Å². The molecule has 0 aliphatic rings. The number of benzene rings is 3. The molecule has 0 atom stereocenters. The van der Waals surface area contributed by atoms with Crippen LogP contribution in [0.2, 0.25) is 10.0 Å². The van der Waals surface area contributed by atoms with Crippen LogP contribution in [0.1, 0.15) is 21.5 Å². The molecule has 174 valence electrons. The van der Waals surface area contributed by atoms with Gasteiger partial charge in [-0.1, -0.05) is 47.5 Å². The van der Waals surface area contributed by atoms with Crippen LogP contribution in [0.25, 0.3) is 6.08 Å². The van der Waals surface area contributed by atoms with E-state index in [9.17, 15) is 9.59 Å². The number of methoxy groups -OCH3 is 2. The largest absolute Gasteiger partial charge is 0.497 e. The highest BCUT2D eigenvalue weighted by Crippen LogP contribution is 2.26. The van der Waals surface area contributed by atoms with Crippen molar-refractivity contribution < 1.29 is 19.1 Å². The minimum atomic E-state index is -0.673. The molecule has 0 aliphatic carbocycles. The first kappa shape index (κ1) is 24.8. The third-order valence-electron chi connectivity index (χ3n) is 4.62. The van der Waals surface area contributed by atoms with Gasteiger partial charge in [-0.05, 0) is 48.5 Å². The fraction of sp³-hybridized carbons (Fsp3) is 0.0800. The lowest BCUT2D eigenvalue weighted by Crippen LogP contribution is -2.32. The molecule has 3 rings (SSSR count). The van der Waals surface area contributed by atoms with Gasteiger partial charge in [0.2, 0.25) is 0 Å². The summed E-state index contributed by atoms with van der Waals surface area (Å²) in [7, 11) is 3.02. The van der Waals surface area contributed by atoms with E-state index in [4.69, 9.17) is 32.7 Å². The van der Waals surface area contributed by atoms with Crippen LogP contribution in [0, 0.1) is 0 Å². The van der Waals surface area contributed by atoms with Crippen LogP contribution >= 0.6 is 23.2 Å². The molecule has 0 saturated heterocycles. The number of ether oxygens (including phenoxy) is 2. The molecule has 3 aromatic rings. The molecule has 0 saturated carbocycles. The summed E-state index contributed by atoms with van der Waals surface area (Å²) < 4.78 is 10.6. The number of hydrogen-bond acceptors (Lipinski definition) is 5. The number of amides is 2. The lowest BCUT2D eigenvalue weighted by molar-refractivity contribution is -0.117. The molecule has 34 heavy (non-hydrogen) atoms. The molecular weight excluding hydrogens is 477 g/mol. The first-order valence-corrected chi connectivity index (χ1v) is 10.8. The number of carbonyl (C=O) groups is 2. The van der Waals surface area contributed by atoms with E-state index in [0.29, 0.717) is 38.2 Å².